The van der Waals surface area contributed by atoms with Gasteiger partial charge < -0.3 is 11.5 Å². The van der Waals surface area contributed by atoms with Crippen molar-refractivity contribution in [1.29, 1.82) is 0 Å². The molecule has 0 saturated carbocycles. The summed E-state index contributed by atoms with van der Waals surface area (Å²) in [5.41, 5.74) is 13.2. The number of hydrogen-bond donors (Lipinski definition) is 3. The van der Waals surface area contributed by atoms with E-state index in [2.05, 4.69) is 25.6 Å². The van der Waals surface area contributed by atoms with Crippen molar-refractivity contribution in [2.45, 2.75) is 24.7 Å². The third kappa shape index (κ3) is 3.24. The van der Waals surface area contributed by atoms with Crippen molar-refractivity contribution < 1.29 is 0 Å². The molecule has 4 N–H and O–H groups in total. The molecule has 1 unspecified atom stereocenters. The smallest absolute Gasteiger partial charge is 0.0449 e. The lowest BCUT2D eigenvalue weighted by Gasteiger charge is -2.10. The first kappa shape index (κ1) is 11.4. The summed E-state index contributed by atoms with van der Waals surface area (Å²) in [6.07, 6.45) is 2.11. The number of rotatable bonds is 4. The van der Waals surface area contributed by atoms with Crippen molar-refractivity contribution in [2.75, 3.05) is 12.3 Å². The molecule has 0 amide bonds. The van der Waals surface area contributed by atoms with E-state index in [-0.39, 0.29) is 0 Å². The van der Waals surface area contributed by atoms with Gasteiger partial charge in [-0.05, 0) is 43.0 Å². The van der Waals surface area contributed by atoms with E-state index >= 15 is 0 Å². The van der Waals surface area contributed by atoms with Crippen LogP contribution in [0.3, 0.4) is 0 Å². The van der Waals surface area contributed by atoms with Crippen LogP contribution in [0.4, 0.5) is 5.69 Å². The first-order chi connectivity index (χ1) is 6.63. The maximum atomic E-state index is 5.68. The SMILES string of the molecule is CC(CCN)Cc1ccc(N)c(S)c1. The van der Waals surface area contributed by atoms with E-state index in [0.717, 1.165) is 30.0 Å². The quantitative estimate of drug-likeness (QED) is 0.526. The lowest BCUT2D eigenvalue weighted by molar-refractivity contribution is 0.538. The fourth-order valence-electron chi connectivity index (χ4n) is 1.51. The second-order valence-corrected chi connectivity index (χ2v) is 4.26. The van der Waals surface area contributed by atoms with E-state index in [0.29, 0.717) is 5.92 Å². The van der Waals surface area contributed by atoms with Gasteiger partial charge in [0.1, 0.15) is 0 Å². The maximum absolute atomic E-state index is 5.68. The normalized spacial score (nSPS) is 12.8. The van der Waals surface area contributed by atoms with Crippen LogP contribution in [0.5, 0.6) is 0 Å². The molecule has 0 spiro atoms. The van der Waals surface area contributed by atoms with Crippen LogP contribution in [0.1, 0.15) is 18.9 Å². The summed E-state index contributed by atoms with van der Waals surface area (Å²) in [5, 5.41) is 0. The average Bonchev–Trinajstić information content (AvgIpc) is 2.12. The fraction of sp³-hybridized carbons (Fsp3) is 0.455. The molecule has 0 bridgehead atoms. The zero-order valence-electron chi connectivity index (χ0n) is 8.53. The van der Waals surface area contributed by atoms with Crippen molar-refractivity contribution in [2.24, 2.45) is 11.7 Å². The molecule has 3 heteroatoms. The Balaban J connectivity index is 2.63. The average molecular weight is 210 g/mol. The van der Waals surface area contributed by atoms with E-state index in [1.807, 2.05) is 12.1 Å². The highest BCUT2D eigenvalue weighted by Gasteiger charge is 2.03. The molecule has 1 aromatic rings. The van der Waals surface area contributed by atoms with Crippen LogP contribution >= 0.6 is 12.6 Å². The van der Waals surface area contributed by atoms with Crippen molar-refractivity contribution >= 4 is 18.3 Å². The van der Waals surface area contributed by atoms with Gasteiger partial charge in [-0.25, -0.2) is 0 Å². The molecule has 0 aliphatic rings. The van der Waals surface area contributed by atoms with Crippen LogP contribution in [0.2, 0.25) is 0 Å². The van der Waals surface area contributed by atoms with Crippen LogP contribution in [-0.2, 0) is 6.42 Å². The Hall–Kier alpha value is -0.670. The van der Waals surface area contributed by atoms with E-state index in [9.17, 15) is 0 Å². The van der Waals surface area contributed by atoms with E-state index in [4.69, 9.17) is 11.5 Å². The molecule has 2 nitrogen and oxygen atoms in total. The monoisotopic (exact) mass is 210 g/mol. The number of nitrogen functional groups attached to an aromatic ring is 1. The van der Waals surface area contributed by atoms with Gasteiger partial charge in [0.2, 0.25) is 0 Å². The van der Waals surface area contributed by atoms with Gasteiger partial charge in [-0.3, -0.25) is 0 Å². The zero-order valence-corrected chi connectivity index (χ0v) is 9.43. The minimum Gasteiger partial charge on any atom is -0.398 e. The molecule has 14 heavy (non-hydrogen) atoms. The van der Waals surface area contributed by atoms with Gasteiger partial charge in [-0.2, -0.15) is 0 Å². The van der Waals surface area contributed by atoms with E-state index < -0.39 is 0 Å². The number of thiol groups is 1. The molecule has 0 aromatic heterocycles. The summed E-state index contributed by atoms with van der Waals surface area (Å²) in [6.45, 7) is 2.96. The van der Waals surface area contributed by atoms with Crippen LogP contribution in [0.15, 0.2) is 23.1 Å². The van der Waals surface area contributed by atoms with Gasteiger partial charge in [0.25, 0.3) is 0 Å². The van der Waals surface area contributed by atoms with Gasteiger partial charge >= 0.3 is 0 Å². The third-order valence-electron chi connectivity index (χ3n) is 2.34. The topological polar surface area (TPSA) is 52.0 Å². The largest absolute Gasteiger partial charge is 0.398 e. The molecule has 1 aromatic carbocycles. The summed E-state index contributed by atoms with van der Waals surface area (Å²) < 4.78 is 0. The van der Waals surface area contributed by atoms with Crippen LogP contribution in [-0.4, -0.2) is 6.54 Å². The summed E-state index contributed by atoms with van der Waals surface area (Å²) in [7, 11) is 0. The lowest BCUT2D eigenvalue weighted by atomic mass is 9.98. The molecule has 0 saturated heterocycles. The van der Waals surface area contributed by atoms with Gasteiger partial charge in [0.05, 0.1) is 0 Å². The molecule has 0 fully saturated rings. The highest BCUT2D eigenvalue weighted by atomic mass is 32.1. The Labute approximate surface area is 91.1 Å². The maximum Gasteiger partial charge on any atom is 0.0449 e. The van der Waals surface area contributed by atoms with Crippen LogP contribution in [0, 0.1) is 5.92 Å². The van der Waals surface area contributed by atoms with Gasteiger partial charge in [0.15, 0.2) is 0 Å². The van der Waals surface area contributed by atoms with Crippen molar-refractivity contribution in [3.63, 3.8) is 0 Å². The molecule has 0 heterocycles. The Morgan fingerprint density at radius 1 is 1.43 bits per heavy atom. The van der Waals surface area contributed by atoms with Crippen LogP contribution in [0.25, 0.3) is 0 Å². The van der Waals surface area contributed by atoms with Gasteiger partial charge in [-0.1, -0.05) is 13.0 Å². The Morgan fingerprint density at radius 3 is 2.71 bits per heavy atom. The number of anilines is 1. The highest BCUT2D eigenvalue weighted by molar-refractivity contribution is 7.80. The first-order valence-electron chi connectivity index (χ1n) is 4.91. The molecule has 1 rings (SSSR count). The molecule has 0 radical (unpaired) electrons. The highest BCUT2D eigenvalue weighted by Crippen LogP contribution is 2.20. The number of benzene rings is 1. The molecule has 0 aliphatic heterocycles. The summed E-state index contributed by atoms with van der Waals surface area (Å²) in [4.78, 5) is 0.863. The summed E-state index contributed by atoms with van der Waals surface area (Å²) >= 11 is 4.29. The van der Waals surface area contributed by atoms with Crippen molar-refractivity contribution in [3.8, 4) is 0 Å². The minimum atomic E-state index is 0.622. The third-order valence-corrected chi connectivity index (χ3v) is 2.73. The second-order valence-electron chi connectivity index (χ2n) is 3.78. The lowest BCUT2D eigenvalue weighted by Crippen LogP contribution is -2.08. The van der Waals surface area contributed by atoms with Crippen LogP contribution < -0.4 is 11.5 Å². The number of nitrogens with two attached hydrogens (primary N) is 2. The molecule has 78 valence electrons. The van der Waals surface area contributed by atoms with Gasteiger partial charge in [-0.15, -0.1) is 12.6 Å². The molecular formula is C11H18N2S. The van der Waals surface area contributed by atoms with Crippen molar-refractivity contribution in [3.05, 3.63) is 23.8 Å². The Kier molecular flexibility index (Phi) is 4.29. The predicted octanol–water partition coefficient (Wildman–Crippen LogP) is 2.08. The molecule has 1 atom stereocenters. The zero-order chi connectivity index (χ0) is 10.6. The minimum absolute atomic E-state index is 0.622. The fourth-order valence-corrected chi connectivity index (χ4v) is 1.75. The summed E-state index contributed by atoms with van der Waals surface area (Å²) in [6, 6.07) is 6.00. The molecular weight excluding hydrogens is 192 g/mol. The second kappa shape index (κ2) is 5.27. The Bertz CT molecular complexity index is 299. The number of hydrogen-bond acceptors (Lipinski definition) is 3. The Morgan fingerprint density at radius 2 is 2.14 bits per heavy atom. The van der Waals surface area contributed by atoms with E-state index in [1.54, 1.807) is 0 Å². The van der Waals surface area contributed by atoms with E-state index in [1.165, 1.54) is 5.56 Å². The summed E-state index contributed by atoms with van der Waals surface area (Å²) in [5.74, 6) is 0.622. The van der Waals surface area contributed by atoms with Crippen molar-refractivity contribution in [1.82, 2.24) is 0 Å². The van der Waals surface area contributed by atoms with Gasteiger partial charge in [0, 0.05) is 10.6 Å². The standard InChI is InChI=1S/C11H18N2S/c1-8(4-5-12)6-9-2-3-10(13)11(14)7-9/h2-3,7-8,14H,4-6,12-13H2,1H3. The predicted molar refractivity (Wildman–Crippen MR) is 64.6 cm³/mol. The first-order valence-corrected chi connectivity index (χ1v) is 5.35. The molecule has 0 aliphatic carbocycles.